The lowest BCUT2D eigenvalue weighted by atomic mass is 9.88. The first-order valence-electron chi connectivity index (χ1n) is 15.5. The van der Waals surface area contributed by atoms with E-state index in [1.165, 1.54) is 109 Å². The second kappa shape index (κ2) is 19.8. The van der Waals surface area contributed by atoms with Gasteiger partial charge in [-0.25, -0.2) is 0 Å². The lowest BCUT2D eigenvalue weighted by Crippen LogP contribution is -2.68. The summed E-state index contributed by atoms with van der Waals surface area (Å²) in [7, 11) is 0. The molecule has 0 radical (unpaired) electrons. The Balaban J connectivity index is 2.40. The first kappa shape index (κ1) is 33.8. The molecule has 1 rings (SSSR count). The zero-order valence-corrected chi connectivity index (χ0v) is 23.3. The summed E-state index contributed by atoms with van der Waals surface area (Å²) in [4.78, 5) is 0. The Labute approximate surface area is 221 Å². The molecule has 1 saturated carbocycles. The zero-order chi connectivity index (χ0) is 26.6. The summed E-state index contributed by atoms with van der Waals surface area (Å²) in [5.74, 6) is -9.35. The van der Waals surface area contributed by atoms with Crippen molar-refractivity contribution in [3.8, 4) is 0 Å². The van der Waals surface area contributed by atoms with Crippen LogP contribution in [0, 0.1) is 0 Å². The minimum atomic E-state index is -3.40. The van der Waals surface area contributed by atoms with Gasteiger partial charge in [0.1, 0.15) is 0 Å². The Morgan fingerprint density at radius 1 is 0.222 bits per heavy atom. The van der Waals surface area contributed by atoms with E-state index in [0.717, 1.165) is 38.5 Å². The van der Waals surface area contributed by atoms with E-state index in [1.807, 2.05) is 0 Å². The van der Waals surface area contributed by atoms with Gasteiger partial charge in [-0.15, -0.1) is 0 Å². The minimum Gasteiger partial charge on any atom is -0.361 e. The van der Waals surface area contributed by atoms with Gasteiger partial charge in [-0.1, -0.05) is 148 Å². The van der Waals surface area contributed by atoms with Crippen molar-refractivity contribution in [2.24, 2.45) is 0 Å². The normalized spacial score (nSPS) is 26.5. The van der Waals surface area contributed by atoms with Crippen LogP contribution in [0.25, 0.3) is 0 Å². The number of hydrogen-bond donors (Lipinski definition) is 6. The molecule has 36 heavy (non-hydrogen) atoms. The Kier molecular flexibility index (Phi) is 18.6. The maximum atomic E-state index is 10.3. The van der Waals surface area contributed by atoms with Crippen LogP contribution in [0.3, 0.4) is 0 Å². The molecule has 0 atom stereocenters. The summed E-state index contributed by atoms with van der Waals surface area (Å²) in [6, 6.07) is 0. The summed E-state index contributed by atoms with van der Waals surface area (Å²) in [5, 5.41) is 61.6. The minimum absolute atomic E-state index is 0.317. The summed E-state index contributed by atoms with van der Waals surface area (Å²) >= 11 is 0. The topological polar surface area (TPSA) is 121 Å². The number of hydrogen-bond acceptors (Lipinski definition) is 6. The molecule has 0 amide bonds. The van der Waals surface area contributed by atoms with Crippen molar-refractivity contribution >= 4 is 0 Å². The van der Waals surface area contributed by atoms with Gasteiger partial charge in [-0.3, -0.25) is 0 Å². The standard InChI is InChI=1S/C30H60O6/c31-28(32)26-24-22-20-18-16-14-12-10-8-6-4-2-1-3-5-7-9-11-13-15-17-19-21-23-25-27-29(33,34)30(28,35)36/h31-36H,1-27H2. The average molecular weight is 517 g/mol. The van der Waals surface area contributed by atoms with Gasteiger partial charge in [-0.2, -0.15) is 0 Å². The molecule has 0 aliphatic heterocycles. The van der Waals surface area contributed by atoms with Crippen LogP contribution in [0.15, 0.2) is 0 Å². The lowest BCUT2D eigenvalue weighted by molar-refractivity contribution is -0.454. The molecule has 0 saturated heterocycles. The average Bonchev–Trinajstić information content (AvgIpc) is 2.82. The summed E-state index contributed by atoms with van der Waals surface area (Å²) in [5.41, 5.74) is 0. The van der Waals surface area contributed by atoms with E-state index >= 15 is 0 Å². The van der Waals surface area contributed by atoms with Gasteiger partial charge < -0.3 is 30.6 Å². The first-order chi connectivity index (χ1) is 17.2. The van der Waals surface area contributed by atoms with E-state index in [9.17, 15) is 30.6 Å². The van der Waals surface area contributed by atoms with E-state index in [0.29, 0.717) is 12.8 Å². The van der Waals surface area contributed by atoms with Gasteiger partial charge in [0.15, 0.2) is 0 Å². The predicted molar refractivity (Wildman–Crippen MR) is 146 cm³/mol. The maximum Gasteiger partial charge on any atom is 0.274 e. The molecule has 1 aliphatic carbocycles. The second-order valence-electron chi connectivity index (χ2n) is 11.6. The fraction of sp³-hybridized carbons (Fsp3) is 1.00. The fourth-order valence-electron chi connectivity index (χ4n) is 5.48. The summed E-state index contributed by atoms with van der Waals surface area (Å²) in [6.07, 6.45) is 28.0. The SMILES string of the molecule is OC1(O)CCCCCCCCCCCCCCCCCCCCCCCCCCCC(O)(O)C1(O)O. The third kappa shape index (κ3) is 14.6. The summed E-state index contributed by atoms with van der Waals surface area (Å²) in [6.45, 7) is 0. The Morgan fingerprint density at radius 2 is 0.361 bits per heavy atom. The smallest absolute Gasteiger partial charge is 0.274 e. The van der Waals surface area contributed by atoms with Gasteiger partial charge >= 0.3 is 0 Å². The van der Waals surface area contributed by atoms with Crippen molar-refractivity contribution in [2.75, 3.05) is 0 Å². The molecule has 0 heterocycles. The Hall–Kier alpha value is -0.240. The third-order valence-electron chi connectivity index (χ3n) is 8.17. The quantitative estimate of drug-likeness (QED) is 0.202. The van der Waals surface area contributed by atoms with Crippen molar-refractivity contribution in [1.82, 2.24) is 0 Å². The van der Waals surface area contributed by atoms with Gasteiger partial charge in [0.2, 0.25) is 11.6 Å². The predicted octanol–water partition coefficient (Wildman–Crippen LogP) is 6.58. The van der Waals surface area contributed by atoms with Gasteiger partial charge in [0, 0.05) is 12.8 Å². The van der Waals surface area contributed by atoms with Crippen molar-refractivity contribution < 1.29 is 30.6 Å². The number of aliphatic hydroxyl groups is 6. The molecule has 1 fully saturated rings. The molecule has 6 N–H and O–H groups in total. The maximum absolute atomic E-state index is 10.3. The van der Waals surface area contributed by atoms with E-state index in [-0.39, 0.29) is 12.8 Å². The van der Waals surface area contributed by atoms with Gasteiger partial charge in [0.25, 0.3) is 5.79 Å². The number of rotatable bonds is 0. The van der Waals surface area contributed by atoms with Crippen LogP contribution in [-0.2, 0) is 0 Å². The van der Waals surface area contributed by atoms with Crippen LogP contribution in [0.1, 0.15) is 173 Å². The van der Waals surface area contributed by atoms with Crippen molar-refractivity contribution in [3.05, 3.63) is 0 Å². The molecule has 0 spiro atoms. The first-order valence-corrected chi connectivity index (χ1v) is 15.5. The fourth-order valence-corrected chi connectivity index (χ4v) is 5.48. The van der Waals surface area contributed by atoms with Crippen LogP contribution in [0.4, 0.5) is 0 Å². The van der Waals surface area contributed by atoms with Crippen LogP contribution in [-0.4, -0.2) is 48.0 Å². The highest BCUT2D eigenvalue weighted by molar-refractivity contribution is 4.93. The van der Waals surface area contributed by atoms with Crippen molar-refractivity contribution in [1.29, 1.82) is 0 Å². The van der Waals surface area contributed by atoms with Crippen LogP contribution < -0.4 is 0 Å². The highest BCUT2D eigenvalue weighted by Gasteiger charge is 2.60. The highest BCUT2D eigenvalue weighted by atomic mass is 16.7. The van der Waals surface area contributed by atoms with Crippen LogP contribution in [0.2, 0.25) is 0 Å². The van der Waals surface area contributed by atoms with E-state index < -0.39 is 17.4 Å². The monoisotopic (exact) mass is 516 g/mol. The third-order valence-corrected chi connectivity index (χ3v) is 8.17. The molecule has 0 bridgehead atoms. The molecule has 216 valence electrons. The summed E-state index contributed by atoms with van der Waals surface area (Å²) < 4.78 is 0. The van der Waals surface area contributed by atoms with Crippen molar-refractivity contribution in [3.63, 3.8) is 0 Å². The van der Waals surface area contributed by atoms with Gasteiger partial charge in [-0.05, 0) is 12.8 Å². The van der Waals surface area contributed by atoms with E-state index in [2.05, 4.69) is 0 Å². The van der Waals surface area contributed by atoms with E-state index in [4.69, 9.17) is 0 Å². The van der Waals surface area contributed by atoms with Crippen molar-refractivity contribution in [2.45, 2.75) is 191 Å². The Bertz CT molecular complexity index is 464. The van der Waals surface area contributed by atoms with E-state index in [1.54, 1.807) is 0 Å². The van der Waals surface area contributed by atoms with Crippen LogP contribution >= 0.6 is 0 Å². The van der Waals surface area contributed by atoms with Crippen LogP contribution in [0.5, 0.6) is 0 Å². The lowest BCUT2D eigenvalue weighted by Gasteiger charge is -2.43. The zero-order valence-electron chi connectivity index (χ0n) is 23.3. The molecule has 0 aromatic rings. The molecule has 6 heteroatoms. The molecule has 0 unspecified atom stereocenters. The largest absolute Gasteiger partial charge is 0.361 e. The molecule has 0 aromatic heterocycles. The highest BCUT2D eigenvalue weighted by Crippen LogP contribution is 2.35. The molecule has 1 aliphatic rings. The van der Waals surface area contributed by atoms with Gasteiger partial charge in [0.05, 0.1) is 0 Å². The molecule has 6 nitrogen and oxygen atoms in total. The molecular weight excluding hydrogens is 456 g/mol. The Morgan fingerprint density at radius 3 is 0.528 bits per heavy atom. The molecule has 0 aromatic carbocycles. The molecular formula is C30H60O6. The second-order valence-corrected chi connectivity index (χ2v) is 11.6.